The van der Waals surface area contributed by atoms with Crippen LogP contribution in [0.5, 0.6) is 0 Å². The monoisotopic (exact) mass is 519 g/mol. The second kappa shape index (κ2) is 12.0. The first-order chi connectivity index (χ1) is 18.3. The molecule has 1 heterocycles. The molecule has 0 bridgehead atoms. The largest absolute Gasteiger partial charge is 0.370 e. The molecule has 10 heteroatoms. The van der Waals surface area contributed by atoms with E-state index < -0.39 is 5.91 Å². The van der Waals surface area contributed by atoms with E-state index in [0.29, 0.717) is 52.5 Å². The Morgan fingerprint density at radius 2 is 1.76 bits per heavy atom. The minimum atomic E-state index is -0.404. The van der Waals surface area contributed by atoms with Crippen molar-refractivity contribution in [3.05, 3.63) is 58.5 Å². The summed E-state index contributed by atoms with van der Waals surface area (Å²) in [5.74, 6) is -0.497. The van der Waals surface area contributed by atoms with Crippen molar-refractivity contribution in [3.63, 3.8) is 0 Å². The van der Waals surface area contributed by atoms with Crippen LogP contribution in [0.1, 0.15) is 72.6 Å². The predicted molar refractivity (Wildman–Crippen MR) is 145 cm³/mol. The molecule has 0 spiro atoms. The first-order valence-electron chi connectivity index (χ1n) is 13.2. The average Bonchev–Trinajstić information content (AvgIpc) is 3.25. The zero-order valence-electron chi connectivity index (χ0n) is 22.0. The molecule has 2 aromatic carbocycles. The molecule has 0 aliphatic heterocycles. The third-order valence-corrected chi connectivity index (χ3v) is 7.14. The summed E-state index contributed by atoms with van der Waals surface area (Å²) < 4.78 is 2.54. The summed E-state index contributed by atoms with van der Waals surface area (Å²) in [5.41, 5.74) is 8.01. The molecule has 4 rings (SSSR count). The normalized spacial score (nSPS) is 13.8. The molecule has 0 atom stereocenters. The quantitative estimate of drug-likeness (QED) is 0.384. The van der Waals surface area contributed by atoms with Crippen molar-refractivity contribution in [3.8, 4) is 0 Å². The highest BCUT2D eigenvalue weighted by molar-refractivity contribution is 6.04. The van der Waals surface area contributed by atoms with E-state index >= 15 is 0 Å². The number of aryl methyl sites for hydroxylation is 1. The first kappa shape index (κ1) is 27.0. The number of amides is 3. The van der Waals surface area contributed by atoms with E-state index in [-0.39, 0.29) is 24.3 Å². The van der Waals surface area contributed by atoms with Crippen molar-refractivity contribution >= 4 is 40.4 Å². The van der Waals surface area contributed by atoms with Gasteiger partial charge in [-0.05, 0) is 56.5 Å². The highest BCUT2D eigenvalue weighted by atomic mass is 16.3. The summed E-state index contributed by atoms with van der Waals surface area (Å²) in [6, 6.07) is 11.9. The topological polar surface area (TPSA) is 130 Å². The molecule has 3 aromatic rings. The third kappa shape index (κ3) is 6.07. The fraction of sp³-hybridized carbons (Fsp3) is 0.429. The lowest BCUT2D eigenvalue weighted by Gasteiger charge is -2.33. The Bertz CT molecular complexity index is 1340. The second-order valence-electron chi connectivity index (χ2n) is 9.74. The maximum atomic E-state index is 13.4. The number of imidazole rings is 1. The van der Waals surface area contributed by atoms with E-state index in [9.17, 15) is 19.3 Å². The molecule has 3 amide bonds. The molecule has 1 aliphatic carbocycles. The number of nitrogens with one attached hydrogen (secondary N) is 1. The zero-order chi connectivity index (χ0) is 27.2. The van der Waals surface area contributed by atoms with Gasteiger partial charge in [-0.25, -0.2) is 4.98 Å². The molecule has 10 nitrogen and oxygen atoms in total. The van der Waals surface area contributed by atoms with Gasteiger partial charge in [-0.15, -0.1) is 0 Å². The van der Waals surface area contributed by atoms with E-state index in [2.05, 4.69) is 10.3 Å². The van der Waals surface area contributed by atoms with Crippen LogP contribution in [0.25, 0.3) is 11.0 Å². The van der Waals surface area contributed by atoms with Crippen LogP contribution >= 0.6 is 0 Å². The van der Waals surface area contributed by atoms with Gasteiger partial charge in [0.15, 0.2) is 7.05 Å². The molecule has 38 heavy (non-hydrogen) atoms. The van der Waals surface area contributed by atoms with Crippen molar-refractivity contribution in [1.29, 1.82) is 0 Å². The van der Waals surface area contributed by atoms with Crippen LogP contribution in [-0.2, 0) is 11.3 Å². The van der Waals surface area contributed by atoms with Crippen molar-refractivity contribution in [1.82, 2.24) is 14.5 Å². The number of carbonyl (C=O) groups excluding carboxylic acids is 3. The number of hydrogen-bond donors (Lipinski definition) is 2. The number of fused-ring (bicyclic) bond motifs is 1. The number of nitrogens with zero attached hydrogens (tertiary/aromatic N) is 4. The molecule has 1 saturated carbocycles. The molecular weight excluding hydrogens is 484 g/mol. The Labute approximate surface area is 221 Å². The Morgan fingerprint density at radius 1 is 1.08 bits per heavy atom. The fourth-order valence-corrected chi connectivity index (χ4v) is 5.12. The lowest BCUT2D eigenvalue weighted by atomic mass is 9.93. The number of hydrogen-bond acceptors (Lipinski definition) is 5. The van der Waals surface area contributed by atoms with Crippen molar-refractivity contribution in [2.45, 2.75) is 64.5 Å². The number of carbonyl (C=O) groups is 3. The van der Waals surface area contributed by atoms with Gasteiger partial charge in [-0.3, -0.25) is 19.7 Å². The molecule has 200 valence electrons. The number of nitroso groups, excluding NO2 is 1. The van der Waals surface area contributed by atoms with Gasteiger partial charge in [-0.2, -0.15) is 0 Å². The molecular formula is C28H35N6O4+. The minimum Gasteiger partial charge on any atom is -0.370 e. The summed E-state index contributed by atoms with van der Waals surface area (Å²) in [5, 5.41) is 2.85. The predicted octanol–water partition coefficient (Wildman–Crippen LogP) is 4.39. The third-order valence-electron chi connectivity index (χ3n) is 7.14. The van der Waals surface area contributed by atoms with Gasteiger partial charge >= 0.3 is 0 Å². The molecule has 1 aliphatic rings. The summed E-state index contributed by atoms with van der Waals surface area (Å²) >= 11 is 0. The van der Waals surface area contributed by atoms with Crippen molar-refractivity contribution in [2.24, 2.45) is 5.73 Å². The maximum Gasteiger partial charge on any atom is 0.257 e. The minimum absolute atomic E-state index is 0.0152. The fourth-order valence-electron chi connectivity index (χ4n) is 5.12. The lowest BCUT2D eigenvalue weighted by Crippen LogP contribution is -2.41. The Hall–Kier alpha value is -4.08. The van der Waals surface area contributed by atoms with Gasteiger partial charge in [0, 0.05) is 58.5 Å². The van der Waals surface area contributed by atoms with Crippen LogP contribution in [0.15, 0.2) is 42.5 Å². The van der Waals surface area contributed by atoms with E-state index in [4.69, 9.17) is 5.73 Å². The van der Waals surface area contributed by atoms with Gasteiger partial charge in [0.25, 0.3) is 17.5 Å². The molecule has 3 N–H and O–H groups in total. The van der Waals surface area contributed by atoms with E-state index in [0.717, 1.165) is 31.2 Å². The zero-order valence-corrected chi connectivity index (χ0v) is 22.0. The van der Waals surface area contributed by atoms with E-state index in [1.54, 1.807) is 36.4 Å². The number of primary amides is 1. The van der Waals surface area contributed by atoms with Gasteiger partial charge in [0.2, 0.25) is 11.9 Å². The van der Waals surface area contributed by atoms with Crippen LogP contribution < -0.4 is 11.1 Å². The van der Waals surface area contributed by atoms with Crippen LogP contribution in [0.2, 0.25) is 0 Å². The Morgan fingerprint density at radius 3 is 2.39 bits per heavy atom. The number of rotatable bonds is 10. The first-order valence-corrected chi connectivity index (χ1v) is 13.2. The maximum absolute atomic E-state index is 13.4. The second-order valence-corrected chi connectivity index (χ2v) is 9.74. The van der Waals surface area contributed by atoms with Crippen molar-refractivity contribution in [2.75, 3.05) is 18.9 Å². The average molecular weight is 520 g/mol. The van der Waals surface area contributed by atoms with Crippen LogP contribution in [0, 0.1) is 4.91 Å². The summed E-state index contributed by atoms with van der Waals surface area (Å²) in [6.07, 6.45) is 6.22. The summed E-state index contributed by atoms with van der Waals surface area (Å²) in [7, 11) is 1.39. The van der Waals surface area contributed by atoms with E-state index in [1.165, 1.54) is 13.5 Å². The number of aromatic nitrogens is 2. The Kier molecular flexibility index (Phi) is 8.50. The van der Waals surface area contributed by atoms with Gasteiger partial charge in [-0.1, -0.05) is 19.3 Å². The summed E-state index contributed by atoms with van der Waals surface area (Å²) in [6.45, 7) is 3.06. The van der Waals surface area contributed by atoms with Crippen LogP contribution in [0.4, 0.5) is 11.6 Å². The molecule has 1 fully saturated rings. The molecule has 0 saturated heterocycles. The number of benzene rings is 2. The highest BCUT2D eigenvalue weighted by Crippen LogP contribution is 2.27. The molecule has 0 radical (unpaired) electrons. The lowest BCUT2D eigenvalue weighted by molar-refractivity contribution is -0.428. The number of anilines is 1. The SMILES string of the molecule is CCN(C(=O)c1ccc2c(c1)nc(NC(=O)c1ccc([N+](C)=O)cc1)n2CCCC(N)=O)C1CCCCC1. The standard InChI is InChI=1S/C28H34N6O4/c1-3-33(22-8-5-4-6-9-22)27(37)20-13-16-24-23(18-20)30-28(34(24)17-7-10-25(29)35)31-26(36)19-11-14-21(15-12-19)32(2)38/h11-16,18,22H,3-10,17H2,1-2H3,(H2-,29,30,31,35,36)/p+1. The molecule has 1 aromatic heterocycles. The van der Waals surface area contributed by atoms with Crippen LogP contribution in [0.3, 0.4) is 0 Å². The smallest absolute Gasteiger partial charge is 0.257 e. The van der Waals surface area contributed by atoms with Gasteiger partial charge in [0.05, 0.1) is 11.0 Å². The number of nitrogens with two attached hydrogens (primary N) is 1. The van der Waals surface area contributed by atoms with Crippen molar-refractivity contribution < 1.29 is 19.1 Å². The van der Waals surface area contributed by atoms with Gasteiger partial charge < -0.3 is 15.2 Å². The Balaban J connectivity index is 1.63. The molecule has 0 unspecified atom stereocenters. The van der Waals surface area contributed by atoms with Gasteiger partial charge in [0.1, 0.15) is 0 Å². The van der Waals surface area contributed by atoms with E-state index in [1.807, 2.05) is 22.5 Å². The van der Waals surface area contributed by atoms with Crippen LogP contribution in [-0.4, -0.2) is 56.6 Å². The summed E-state index contributed by atoms with van der Waals surface area (Å²) in [4.78, 5) is 55.8. The highest BCUT2D eigenvalue weighted by Gasteiger charge is 2.26.